The first kappa shape index (κ1) is 24.7. The van der Waals surface area contributed by atoms with E-state index in [-0.39, 0.29) is 11.8 Å². The van der Waals surface area contributed by atoms with Gasteiger partial charge in [-0.2, -0.15) is 4.98 Å². The lowest BCUT2D eigenvalue weighted by Gasteiger charge is -2.30. The van der Waals surface area contributed by atoms with Gasteiger partial charge in [0.25, 0.3) is 0 Å². The van der Waals surface area contributed by atoms with Crippen molar-refractivity contribution < 1.29 is 9.32 Å². The standard InChI is InChI=1S/C28H27BrN4O2S/c29-23-12-10-21(11-13-23)27-31-26(35-32-27)18-33-16-4-5-22(17-33)28(34)30-24-14-8-20(9-15-24)19-36-25-6-2-1-3-7-25/h1-3,6-15,22H,4-5,16-19H2,(H,30,34). The second-order valence-electron chi connectivity index (χ2n) is 8.88. The number of rotatable bonds is 8. The van der Waals surface area contributed by atoms with Gasteiger partial charge in [0.15, 0.2) is 0 Å². The first-order valence-corrected chi connectivity index (χ1v) is 13.8. The first-order valence-electron chi connectivity index (χ1n) is 12.0. The van der Waals surface area contributed by atoms with Crippen molar-refractivity contribution in [2.24, 2.45) is 5.92 Å². The minimum atomic E-state index is -0.0686. The number of likely N-dealkylation sites (tertiary alicyclic amines) is 1. The molecule has 1 atom stereocenters. The highest BCUT2D eigenvalue weighted by atomic mass is 79.9. The molecule has 1 unspecified atom stereocenters. The number of amides is 1. The molecule has 1 saturated heterocycles. The molecule has 1 amide bonds. The lowest BCUT2D eigenvalue weighted by Crippen LogP contribution is -2.40. The van der Waals surface area contributed by atoms with Crippen molar-refractivity contribution in [3.8, 4) is 11.4 Å². The molecule has 184 valence electrons. The maximum absolute atomic E-state index is 13.0. The molecule has 2 heterocycles. The van der Waals surface area contributed by atoms with Crippen molar-refractivity contribution in [3.05, 3.63) is 94.8 Å². The summed E-state index contributed by atoms with van der Waals surface area (Å²) in [6.07, 6.45) is 1.84. The Kier molecular flexibility index (Phi) is 8.15. The molecule has 1 fully saturated rings. The number of anilines is 1. The Bertz CT molecular complexity index is 1280. The first-order chi connectivity index (χ1) is 17.6. The monoisotopic (exact) mass is 562 g/mol. The molecule has 1 aliphatic rings. The summed E-state index contributed by atoms with van der Waals surface area (Å²) >= 11 is 5.25. The minimum Gasteiger partial charge on any atom is -0.338 e. The van der Waals surface area contributed by atoms with E-state index in [2.05, 4.69) is 72.7 Å². The quantitative estimate of drug-likeness (QED) is 0.242. The van der Waals surface area contributed by atoms with Crippen LogP contribution in [0.2, 0.25) is 0 Å². The molecule has 1 aliphatic heterocycles. The number of carbonyl (C=O) groups excluding carboxylic acids is 1. The van der Waals surface area contributed by atoms with E-state index in [0.717, 1.165) is 40.9 Å². The summed E-state index contributed by atoms with van der Waals surface area (Å²) < 4.78 is 6.49. The normalized spacial score (nSPS) is 16.1. The molecule has 5 rings (SSSR count). The van der Waals surface area contributed by atoms with Crippen LogP contribution in [0.25, 0.3) is 11.4 Å². The third-order valence-corrected chi connectivity index (χ3v) is 7.79. The Labute approximate surface area is 223 Å². The van der Waals surface area contributed by atoms with Gasteiger partial charge >= 0.3 is 0 Å². The average Bonchev–Trinajstić information content (AvgIpc) is 3.38. The lowest BCUT2D eigenvalue weighted by molar-refractivity contribution is -0.121. The van der Waals surface area contributed by atoms with Crippen LogP contribution in [0.5, 0.6) is 0 Å². The smallest absolute Gasteiger partial charge is 0.241 e. The zero-order valence-electron chi connectivity index (χ0n) is 19.8. The van der Waals surface area contributed by atoms with E-state index in [1.165, 1.54) is 10.5 Å². The highest BCUT2D eigenvalue weighted by Crippen LogP contribution is 2.25. The van der Waals surface area contributed by atoms with Gasteiger partial charge in [-0.05, 0) is 73.5 Å². The number of halogens is 1. The Balaban J connectivity index is 1.12. The number of hydrogen-bond acceptors (Lipinski definition) is 6. The SMILES string of the molecule is O=C(Nc1ccc(CSc2ccccc2)cc1)C1CCCN(Cc2nc(-c3ccc(Br)cc3)no2)C1. The van der Waals surface area contributed by atoms with Crippen LogP contribution in [-0.4, -0.2) is 34.0 Å². The van der Waals surface area contributed by atoms with Gasteiger partial charge in [0.05, 0.1) is 12.5 Å². The van der Waals surface area contributed by atoms with Crippen molar-refractivity contribution in [2.75, 3.05) is 18.4 Å². The molecule has 8 heteroatoms. The van der Waals surface area contributed by atoms with Gasteiger partial charge in [0.2, 0.25) is 17.6 Å². The van der Waals surface area contributed by atoms with E-state index in [0.29, 0.717) is 24.8 Å². The number of aromatic nitrogens is 2. The number of piperidine rings is 1. The fourth-order valence-corrected chi connectivity index (χ4v) is 5.39. The highest BCUT2D eigenvalue weighted by molar-refractivity contribution is 9.10. The number of nitrogens with zero attached hydrogens (tertiary/aromatic N) is 3. The summed E-state index contributed by atoms with van der Waals surface area (Å²) in [5.74, 6) is 2.04. The maximum atomic E-state index is 13.0. The zero-order chi connectivity index (χ0) is 24.7. The fraction of sp³-hybridized carbons (Fsp3) is 0.250. The molecular weight excluding hydrogens is 536 g/mol. The molecule has 0 bridgehead atoms. The molecule has 1 N–H and O–H groups in total. The number of benzene rings is 3. The molecule has 1 aromatic heterocycles. The Hall–Kier alpha value is -2.94. The topological polar surface area (TPSA) is 71.3 Å². The average molecular weight is 564 g/mol. The summed E-state index contributed by atoms with van der Waals surface area (Å²) in [5, 5.41) is 7.22. The van der Waals surface area contributed by atoms with Crippen LogP contribution in [0.4, 0.5) is 5.69 Å². The lowest BCUT2D eigenvalue weighted by atomic mass is 9.97. The number of thioether (sulfide) groups is 1. The molecule has 0 spiro atoms. The van der Waals surface area contributed by atoms with Gasteiger partial charge in [-0.15, -0.1) is 11.8 Å². The van der Waals surface area contributed by atoms with E-state index in [9.17, 15) is 4.79 Å². The van der Waals surface area contributed by atoms with Gasteiger partial charge in [-0.1, -0.05) is 51.4 Å². The molecular formula is C28H27BrN4O2S. The van der Waals surface area contributed by atoms with Crippen LogP contribution >= 0.6 is 27.7 Å². The molecule has 0 radical (unpaired) electrons. The third-order valence-electron chi connectivity index (χ3n) is 6.18. The predicted molar refractivity (Wildman–Crippen MR) is 147 cm³/mol. The van der Waals surface area contributed by atoms with Crippen LogP contribution in [0.15, 0.2) is 92.8 Å². The van der Waals surface area contributed by atoms with Gasteiger partial charge in [0.1, 0.15) is 0 Å². The summed E-state index contributed by atoms with van der Waals surface area (Å²) in [6.45, 7) is 2.13. The fourth-order valence-electron chi connectivity index (χ4n) is 4.25. The van der Waals surface area contributed by atoms with Crippen molar-refractivity contribution >= 4 is 39.3 Å². The third kappa shape index (κ3) is 6.63. The maximum Gasteiger partial charge on any atom is 0.241 e. The minimum absolute atomic E-state index is 0.0622. The van der Waals surface area contributed by atoms with Crippen molar-refractivity contribution in [1.29, 1.82) is 0 Å². The second-order valence-corrected chi connectivity index (χ2v) is 10.8. The summed E-state index contributed by atoms with van der Waals surface area (Å²) in [7, 11) is 0. The number of nitrogens with one attached hydrogen (secondary N) is 1. The van der Waals surface area contributed by atoms with Gasteiger partial charge < -0.3 is 9.84 Å². The Morgan fingerprint density at radius 2 is 1.83 bits per heavy atom. The second kappa shape index (κ2) is 11.9. The molecule has 0 saturated carbocycles. The van der Waals surface area contributed by atoms with E-state index >= 15 is 0 Å². The van der Waals surface area contributed by atoms with Crippen LogP contribution in [0.1, 0.15) is 24.3 Å². The van der Waals surface area contributed by atoms with E-state index in [1.807, 2.05) is 42.5 Å². The van der Waals surface area contributed by atoms with Crippen molar-refractivity contribution in [3.63, 3.8) is 0 Å². The summed E-state index contributed by atoms with van der Waals surface area (Å²) in [5.41, 5.74) is 2.98. The Morgan fingerprint density at radius 1 is 1.06 bits per heavy atom. The largest absolute Gasteiger partial charge is 0.338 e. The number of carbonyl (C=O) groups is 1. The molecule has 36 heavy (non-hydrogen) atoms. The van der Waals surface area contributed by atoms with E-state index in [4.69, 9.17) is 4.52 Å². The number of hydrogen-bond donors (Lipinski definition) is 1. The zero-order valence-corrected chi connectivity index (χ0v) is 22.2. The van der Waals surface area contributed by atoms with Gasteiger partial charge in [-0.3, -0.25) is 9.69 Å². The van der Waals surface area contributed by atoms with Crippen LogP contribution in [0.3, 0.4) is 0 Å². The van der Waals surface area contributed by atoms with Gasteiger partial charge in [0, 0.05) is 32.9 Å². The van der Waals surface area contributed by atoms with Crippen LogP contribution in [0, 0.1) is 5.92 Å². The predicted octanol–water partition coefficient (Wildman–Crippen LogP) is 6.64. The summed E-state index contributed by atoms with van der Waals surface area (Å²) in [4.78, 5) is 21.0. The molecule has 4 aromatic rings. The Morgan fingerprint density at radius 3 is 2.61 bits per heavy atom. The van der Waals surface area contributed by atoms with Crippen LogP contribution < -0.4 is 5.32 Å². The molecule has 0 aliphatic carbocycles. The van der Waals surface area contributed by atoms with Gasteiger partial charge in [-0.25, -0.2) is 0 Å². The van der Waals surface area contributed by atoms with Crippen molar-refractivity contribution in [1.82, 2.24) is 15.0 Å². The summed E-state index contributed by atoms with van der Waals surface area (Å²) in [6, 6.07) is 26.3. The van der Waals surface area contributed by atoms with E-state index in [1.54, 1.807) is 11.8 Å². The van der Waals surface area contributed by atoms with E-state index < -0.39 is 0 Å². The highest BCUT2D eigenvalue weighted by Gasteiger charge is 2.27. The molecule has 6 nitrogen and oxygen atoms in total. The molecule has 3 aromatic carbocycles. The van der Waals surface area contributed by atoms with Crippen molar-refractivity contribution in [2.45, 2.75) is 30.0 Å². The van der Waals surface area contributed by atoms with Crippen LogP contribution in [-0.2, 0) is 17.1 Å².